The maximum Gasteiger partial charge on any atom is 0.0177 e. The van der Waals surface area contributed by atoms with E-state index < -0.39 is 0 Å². The number of rotatable bonds is 9. The van der Waals surface area contributed by atoms with Crippen molar-refractivity contribution < 1.29 is 0 Å². The summed E-state index contributed by atoms with van der Waals surface area (Å²) in [7, 11) is 0. The monoisotopic (exact) mass is 288 g/mol. The highest BCUT2D eigenvalue weighted by Crippen LogP contribution is 2.27. The first-order valence-electron chi connectivity index (χ1n) is 8.55. The van der Waals surface area contributed by atoms with E-state index in [-0.39, 0.29) is 5.41 Å². The molecule has 21 heavy (non-hydrogen) atoms. The summed E-state index contributed by atoms with van der Waals surface area (Å²) in [5, 5.41) is 3.75. The van der Waals surface area contributed by atoms with Crippen LogP contribution >= 0.6 is 0 Å². The Labute approximate surface area is 130 Å². The minimum absolute atomic E-state index is 0.189. The minimum Gasteiger partial charge on any atom is -0.313 e. The molecule has 0 heterocycles. The topological polar surface area (TPSA) is 15.3 Å². The first-order valence-corrected chi connectivity index (χ1v) is 8.55. The van der Waals surface area contributed by atoms with Crippen molar-refractivity contribution in [2.45, 2.75) is 52.0 Å². The lowest BCUT2D eigenvalue weighted by atomic mass is 9.81. The van der Waals surface area contributed by atoms with Crippen molar-refractivity contribution in [3.8, 4) is 0 Å². The van der Waals surface area contributed by atoms with Crippen LogP contribution in [0.15, 0.2) is 30.3 Å². The molecule has 2 rings (SSSR count). The third-order valence-electron chi connectivity index (χ3n) is 4.47. The Bertz CT molecular complexity index is 411. The molecule has 1 atom stereocenters. The van der Waals surface area contributed by atoms with Crippen LogP contribution in [0.3, 0.4) is 0 Å². The van der Waals surface area contributed by atoms with Gasteiger partial charge in [-0.3, -0.25) is 0 Å². The first-order chi connectivity index (χ1) is 10.0. The van der Waals surface area contributed by atoms with Crippen LogP contribution in [-0.2, 0) is 5.41 Å². The van der Waals surface area contributed by atoms with Gasteiger partial charge in [0.2, 0.25) is 0 Å². The third kappa shape index (κ3) is 5.12. The van der Waals surface area contributed by atoms with E-state index in [0.29, 0.717) is 0 Å². The molecule has 1 aromatic carbocycles. The smallest absolute Gasteiger partial charge is 0.0177 e. The number of benzene rings is 1. The highest BCUT2D eigenvalue weighted by Gasteiger charge is 2.31. The van der Waals surface area contributed by atoms with Crippen LogP contribution in [0.5, 0.6) is 0 Å². The van der Waals surface area contributed by atoms with Gasteiger partial charge in [-0.2, -0.15) is 0 Å². The van der Waals surface area contributed by atoms with Crippen molar-refractivity contribution in [3.05, 3.63) is 35.9 Å². The molecule has 0 amide bonds. The first kappa shape index (κ1) is 16.5. The van der Waals surface area contributed by atoms with Crippen LogP contribution in [0, 0.1) is 5.92 Å². The molecular weight excluding hydrogens is 256 g/mol. The molecule has 0 spiro atoms. The molecular formula is C19H32N2. The quantitative estimate of drug-likeness (QED) is 0.746. The van der Waals surface area contributed by atoms with E-state index in [0.717, 1.165) is 31.6 Å². The second kappa shape index (κ2) is 7.42. The Morgan fingerprint density at radius 2 is 1.90 bits per heavy atom. The van der Waals surface area contributed by atoms with Gasteiger partial charge in [0.1, 0.15) is 0 Å². The molecule has 0 bridgehead atoms. The van der Waals surface area contributed by atoms with Crippen molar-refractivity contribution >= 4 is 0 Å². The predicted molar refractivity (Wildman–Crippen MR) is 91.8 cm³/mol. The molecule has 1 aliphatic carbocycles. The van der Waals surface area contributed by atoms with Gasteiger partial charge in [-0.05, 0) is 30.9 Å². The third-order valence-corrected chi connectivity index (χ3v) is 4.47. The maximum atomic E-state index is 3.75. The predicted octanol–water partition coefficient (Wildman–Crippen LogP) is 3.67. The summed E-state index contributed by atoms with van der Waals surface area (Å²) in [6.45, 7) is 13.8. The van der Waals surface area contributed by atoms with E-state index in [2.05, 4.69) is 68.2 Å². The second-order valence-electron chi connectivity index (χ2n) is 7.30. The molecule has 118 valence electrons. The molecule has 0 radical (unpaired) electrons. The van der Waals surface area contributed by atoms with E-state index in [4.69, 9.17) is 0 Å². The lowest BCUT2D eigenvalue weighted by molar-refractivity contribution is 0.199. The second-order valence-corrected chi connectivity index (χ2v) is 7.30. The van der Waals surface area contributed by atoms with Gasteiger partial charge in [0.25, 0.3) is 0 Å². The number of likely N-dealkylation sites (N-methyl/N-ethyl adjacent to an activating group) is 1. The molecule has 2 heteroatoms. The number of hydrogen-bond donors (Lipinski definition) is 1. The van der Waals surface area contributed by atoms with Gasteiger partial charge in [-0.15, -0.1) is 0 Å². The van der Waals surface area contributed by atoms with Crippen LogP contribution in [0.1, 0.15) is 46.1 Å². The normalized spacial score (nSPS) is 18.2. The van der Waals surface area contributed by atoms with Crippen LogP contribution in [-0.4, -0.2) is 37.1 Å². The zero-order chi connectivity index (χ0) is 15.3. The van der Waals surface area contributed by atoms with Gasteiger partial charge in [-0.25, -0.2) is 0 Å². The lowest BCUT2D eigenvalue weighted by Gasteiger charge is -2.37. The molecule has 0 aromatic heterocycles. The average molecular weight is 288 g/mol. The van der Waals surface area contributed by atoms with E-state index in [9.17, 15) is 0 Å². The van der Waals surface area contributed by atoms with Crippen LogP contribution < -0.4 is 5.32 Å². The van der Waals surface area contributed by atoms with E-state index in [1.165, 1.54) is 24.9 Å². The van der Waals surface area contributed by atoms with Crippen molar-refractivity contribution in [2.24, 2.45) is 5.92 Å². The summed E-state index contributed by atoms with van der Waals surface area (Å²) in [5.74, 6) is 0.723. The van der Waals surface area contributed by atoms with Gasteiger partial charge in [0, 0.05) is 31.1 Å². The summed E-state index contributed by atoms with van der Waals surface area (Å²) < 4.78 is 0. The number of hydrogen-bond acceptors (Lipinski definition) is 2. The van der Waals surface area contributed by atoms with Crippen LogP contribution in [0.4, 0.5) is 0 Å². The summed E-state index contributed by atoms with van der Waals surface area (Å²) in [6.07, 6.45) is 2.71. The molecule has 1 unspecified atom stereocenters. The fraction of sp³-hybridized carbons (Fsp3) is 0.684. The van der Waals surface area contributed by atoms with Gasteiger partial charge in [0.05, 0.1) is 0 Å². The molecule has 2 nitrogen and oxygen atoms in total. The van der Waals surface area contributed by atoms with Crippen LogP contribution in [0.25, 0.3) is 0 Å². The molecule has 0 aliphatic heterocycles. The largest absolute Gasteiger partial charge is 0.313 e. The Morgan fingerprint density at radius 1 is 1.24 bits per heavy atom. The number of nitrogens with zero attached hydrogens (tertiary/aromatic N) is 1. The van der Waals surface area contributed by atoms with Crippen LogP contribution in [0.2, 0.25) is 0 Å². The highest BCUT2D eigenvalue weighted by atomic mass is 15.1. The fourth-order valence-electron chi connectivity index (χ4n) is 3.06. The molecule has 1 N–H and O–H groups in total. The summed E-state index contributed by atoms with van der Waals surface area (Å²) in [6, 6.07) is 11.8. The lowest BCUT2D eigenvalue weighted by Crippen LogP contribution is -2.46. The minimum atomic E-state index is 0.189. The SMILES string of the molecule is CCN(CC(C)C)CC(C)(CNC1CC1)c1ccccc1. The molecule has 0 saturated heterocycles. The highest BCUT2D eigenvalue weighted by molar-refractivity contribution is 5.26. The fourth-order valence-corrected chi connectivity index (χ4v) is 3.06. The Kier molecular flexibility index (Phi) is 5.83. The van der Waals surface area contributed by atoms with Gasteiger partial charge < -0.3 is 10.2 Å². The van der Waals surface area contributed by atoms with E-state index in [1.807, 2.05) is 0 Å². The van der Waals surface area contributed by atoms with E-state index >= 15 is 0 Å². The maximum absolute atomic E-state index is 3.75. The zero-order valence-electron chi connectivity index (χ0n) is 14.2. The number of nitrogens with one attached hydrogen (secondary N) is 1. The molecule has 1 saturated carbocycles. The average Bonchev–Trinajstić information content (AvgIpc) is 3.29. The van der Waals surface area contributed by atoms with Crippen molar-refractivity contribution in [1.82, 2.24) is 10.2 Å². The zero-order valence-corrected chi connectivity index (χ0v) is 14.2. The Morgan fingerprint density at radius 3 is 2.43 bits per heavy atom. The van der Waals surface area contributed by atoms with Gasteiger partial charge >= 0.3 is 0 Å². The standard InChI is InChI=1S/C19H32N2/c1-5-21(13-16(2)3)15-19(4,14-20-18-11-12-18)17-9-7-6-8-10-17/h6-10,16,18,20H,5,11-15H2,1-4H3. The van der Waals surface area contributed by atoms with Gasteiger partial charge in [-0.1, -0.05) is 58.0 Å². The Balaban J connectivity index is 2.09. The summed E-state index contributed by atoms with van der Waals surface area (Å²) in [5.41, 5.74) is 1.65. The van der Waals surface area contributed by atoms with Crippen molar-refractivity contribution in [2.75, 3.05) is 26.2 Å². The Hall–Kier alpha value is -0.860. The van der Waals surface area contributed by atoms with Crippen molar-refractivity contribution in [1.29, 1.82) is 0 Å². The summed E-state index contributed by atoms with van der Waals surface area (Å²) in [4.78, 5) is 2.60. The molecule has 1 aromatic rings. The molecule has 1 aliphatic rings. The van der Waals surface area contributed by atoms with E-state index in [1.54, 1.807) is 0 Å². The molecule has 1 fully saturated rings. The summed E-state index contributed by atoms with van der Waals surface area (Å²) >= 11 is 0. The van der Waals surface area contributed by atoms with Crippen molar-refractivity contribution in [3.63, 3.8) is 0 Å². The van der Waals surface area contributed by atoms with Gasteiger partial charge in [0.15, 0.2) is 0 Å².